The molecule has 0 aromatic heterocycles. The molecule has 1 amide bonds. The summed E-state index contributed by atoms with van der Waals surface area (Å²) >= 11 is 3.35. The third-order valence-corrected chi connectivity index (χ3v) is 3.52. The van der Waals surface area contributed by atoms with Crippen LogP contribution in [-0.4, -0.2) is 38.8 Å². The molecular weight excluding hydrogens is 310 g/mol. The van der Waals surface area contributed by atoms with E-state index in [0.717, 1.165) is 10.2 Å². The van der Waals surface area contributed by atoms with Crippen molar-refractivity contribution in [3.63, 3.8) is 0 Å². The highest BCUT2D eigenvalue weighted by Crippen LogP contribution is 2.25. The number of carbonyl (C=O) groups is 1. The van der Waals surface area contributed by atoms with E-state index in [0.29, 0.717) is 25.3 Å². The fraction of sp³-hybridized carbons (Fsp3) is 0.385. The van der Waals surface area contributed by atoms with Gasteiger partial charge in [-0.3, -0.25) is 4.79 Å². The van der Waals surface area contributed by atoms with E-state index < -0.39 is 6.10 Å². The lowest BCUT2D eigenvalue weighted by atomic mass is 10.1. The van der Waals surface area contributed by atoms with Crippen LogP contribution in [0.15, 0.2) is 22.7 Å². The van der Waals surface area contributed by atoms with Gasteiger partial charge in [0.1, 0.15) is 6.07 Å². The first-order chi connectivity index (χ1) is 9.15. The van der Waals surface area contributed by atoms with Crippen LogP contribution in [0.25, 0.3) is 0 Å². The lowest BCUT2D eigenvalue weighted by Crippen LogP contribution is -2.49. The van der Waals surface area contributed by atoms with Crippen LogP contribution in [0, 0.1) is 11.3 Å². The molecule has 1 saturated heterocycles. The molecule has 1 aliphatic heterocycles. The van der Waals surface area contributed by atoms with Crippen LogP contribution in [0.2, 0.25) is 0 Å². The van der Waals surface area contributed by atoms with E-state index in [-0.39, 0.29) is 5.91 Å². The van der Waals surface area contributed by atoms with Crippen LogP contribution in [0.4, 0.5) is 5.69 Å². The average Bonchev–Trinajstić information content (AvgIpc) is 2.46. The molecule has 5 nitrogen and oxygen atoms in total. The second-order valence-corrected chi connectivity index (χ2v) is 5.11. The third-order valence-electron chi connectivity index (χ3n) is 3.03. The number of halogens is 1. The Morgan fingerprint density at radius 3 is 3.11 bits per heavy atom. The van der Waals surface area contributed by atoms with Gasteiger partial charge in [0.15, 0.2) is 6.10 Å². The summed E-state index contributed by atoms with van der Waals surface area (Å²) in [4.78, 5) is 13.6. The lowest BCUT2D eigenvalue weighted by molar-refractivity contribution is -0.132. The molecule has 1 fully saturated rings. The molecule has 0 radical (unpaired) electrons. The summed E-state index contributed by atoms with van der Waals surface area (Å²) in [7, 11) is 1.59. The van der Waals surface area contributed by atoms with Crippen molar-refractivity contribution in [2.24, 2.45) is 0 Å². The number of nitrogens with zero attached hydrogens (tertiary/aromatic N) is 2. The molecule has 2 rings (SSSR count). The predicted octanol–water partition coefficient (Wildman–Crippen LogP) is 1.27. The highest BCUT2D eigenvalue weighted by Gasteiger charge is 2.27. The molecule has 0 unspecified atom stereocenters. The van der Waals surface area contributed by atoms with Crippen molar-refractivity contribution in [2.45, 2.75) is 6.10 Å². The predicted molar refractivity (Wildman–Crippen MR) is 74.9 cm³/mol. The van der Waals surface area contributed by atoms with Crippen LogP contribution in [0.1, 0.15) is 5.56 Å². The zero-order valence-corrected chi connectivity index (χ0v) is 12.1. The third kappa shape index (κ3) is 3.06. The first-order valence-corrected chi connectivity index (χ1v) is 6.73. The van der Waals surface area contributed by atoms with Crippen LogP contribution in [0.5, 0.6) is 0 Å². The van der Waals surface area contributed by atoms with Gasteiger partial charge in [-0.15, -0.1) is 0 Å². The Hall–Kier alpha value is -1.58. The second kappa shape index (κ2) is 6.04. The molecule has 0 bridgehead atoms. The molecule has 1 N–H and O–H groups in total. The Kier molecular flexibility index (Phi) is 4.40. The summed E-state index contributed by atoms with van der Waals surface area (Å²) in [6, 6.07) is 7.73. The van der Waals surface area contributed by atoms with Gasteiger partial charge in [0.2, 0.25) is 0 Å². The summed E-state index contributed by atoms with van der Waals surface area (Å²) in [5.74, 6) is -0.139. The first kappa shape index (κ1) is 13.8. The van der Waals surface area contributed by atoms with Gasteiger partial charge < -0.3 is 15.0 Å². The molecular formula is C13H14BrN3O2. The number of hydrogen-bond donors (Lipinski definition) is 1. The number of rotatable bonds is 2. The smallest absolute Gasteiger partial charge is 0.250 e. The molecule has 1 aromatic rings. The maximum Gasteiger partial charge on any atom is 0.250 e. The van der Waals surface area contributed by atoms with Gasteiger partial charge in [-0.25, -0.2) is 0 Å². The van der Waals surface area contributed by atoms with E-state index in [9.17, 15) is 10.1 Å². The Bertz CT molecular complexity index is 527. The van der Waals surface area contributed by atoms with E-state index in [4.69, 9.17) is 4.74 Å². The zero-order chi connectivity index (χ0) is 13.8. The number of carbonyl (C=O) groups excluding carboxylic acids is 1. The van der Waals surface area contributed by atoms with Crippen LogP contribution < -0.4 is 10.2 Å². The van der Waals surface area contributed by atoms with Crippen molar-refractivity contribution in [1.29, 1.82) is 5.26 Å². The maximum absolute atomic E-state index is 11.6. The van der Waals surface area contributed by atoms with Gasteiger partial charge in [0.05, 0.1) is 24.4 Å². The van der Waals surface area contributed by atoms with Gasteiger partial charge >= 0.3 is 0 Å². The van der Waals surface area contributed by atoms with E-state index in [1.54, 1.807) is 13.1 Å². The standard InChI is InChI=1S/C13H14BrN3O2/c1-16-13(18)12-8-17(4-5-19-12)11-3-2-10(14)6-9(11)7-15/h2-3,6,12H,4-5,8H2,1H3,(H,16,18)/t12-/m0/s1. The fourth-order valence-electron chi connectivity index (χ4n) is 2.06. The van der Waals surface area contributed by atoms with E-state index in [1.165, 1.54) is 0 Å². The number of amides is 1. The SMILES string of the molecule is CNC(=O)[C@@H]1CN(c2ccc(Br)cc2C#N)CCO1. The topological polar surface area (TPSA) is 65.4 Å². The minimum absolute atomic E-state index is 0.139. The normalized spacial score (nSPS) is 18.8. The molecule has 0 saturated carbocycles. The first-order valence-electron chi connectivity index (χ1n) is 5.93. The lowest BCUT2D eigenvalue weighted by Gasteiger charge is -2.34. The summed E-state index contributed by atoms with van der Waals surface area (Å²) in [6.07, 6.45) is -0.492. The monoisotopic (exact) mass is 323 g/mol. The van der Waals surface area contributed by atoms with E-state index in [2.05, 4.69) is 27.3 Å². The Labute approximate surface area is 120 Å². The van der Waals surface area contributed by atoms with Crippen molar-refractivity contribution >= 4 is 27.5 Å². The van der Waals surface area contributed by atoms with Crippen molar-refractivity contribution in [3.05, 3.63) is 28.2 Å². The summed E-state index contributed by atoms with van der Waals surface area (Å²) in [6.45, 7) is 1.60. The summed E-state index contributed by atoms with van der Waals surface area (Å²) < 4.78 is 6.30. The molecule has 100 valence electrons. The van der Waals surface area contributed by atoms with Crippen LogP contribution in [-0.2, 0) is 9.53 Å². The molecule has 0 spiro atoms. The molecule has 19 heavy (non-hydrogen) atoms. The number of nitriles is 1. The number of hydrogen-bond acceptors (Lipinski definition) is 4. The quantitative estimate of drug-likeness (QED) is 0.890. The highest BCUT2D eigenvalue weighted by atomic mass is 79.9. The van der Waals surface area contributed by atoms with Gasteiger partial charge in [-0.2, -0.15) is 5.26 Å². The molecule has 0 aliphatic carbocycles. The number of ether oxygens (including phenoxy) is 1. The van der Waals surface area contributed by atoms with Gasteiger partial charge in [-0.1, -0.05) is 15.9 Å². The summed E-state index contributed by atoms with van der Waals surface area (Å²) in [5.41, 5.74) is 1.43. The highest BCUT2D eigenvalue weighted by molar-refractivity contribution is 9.10. The van der Waals surface area contributed by atoms with E-state index in [1.807, 2.05) is 17.0 Å². The van der Waals surface area contributed by atoms with Crippen LogP contribution in [0.3, 0.4) is 0 Å². The zero-order valence-electron chi connectivity index (χ0n) is 10.5. The van der Waals surface area contributed by atoms with Gasteiger partial charge in [-0.05, 0) is 18.2 Å². The fourth-order valence-corrected chi connectivity index (χ4v) is 2.42. The van der Waals surface area contributed by atoms with Crippen molar-refractivity contribution in [2.75, 3.05) is 31.6 Å². The van der Waals surface area contributed by atoms with Crippen LogP contribution >= 0.6 is 15.9 Å². The van der Waals surface area contributed by atoms with Gasteiger partial charge in [0, 0.05) is 18.1 Å². The largest absolute Gasteiger partial charge is 0.365 e. The molecule has 1 atom stereocenters. The Morgan fingerprint density at radius 2 is 2.42 bits per heavy atom. The number of anilines is 1. The minimum Gasteiger partial charge on any atom is -0.365 e. The van der Waals surface area contributed by atoms with Crippen molar-refractivity contribution < 1.29 is 9.53 Å². The molecule has 1 aliphatic rings. The Balaban J connectivity index is 2.22. The molecule has 6 heteroatoms. The number of nitrogens with one attached hydrogen (secondary N) is 1. The van der Waals surface area contributed by atoms with E-state index >= 15 is 0 Å². The maximum atomic E-state index is 11.6. The van der Waals surface area contributed by atoms with Crippen molar-refractivity contribution in [3.8, 4) is 6.07 Å². The number of morpholine rings is 1. The number of benzene rings is 1. The van der Waals surface area contributed by atoms with Gasteiger partial charge in [0.25, 0.3) is 5.91 Å². The molecule has 1 aromatic carbocycles. The summed E-state index contributed by atoms with van der Waals surface area (Å²) in [5, 5.41) is 11.8. The molecule has 1 heterocycles. The average molecular weight is 324 g/mol. The minimum atomic E-state index is -0.492. The number of likely N-dealkylation sites (N-methyl/N-ethyl adjacent to an activating group) is 1. The van der Waals surface area contributed by atoms with Crippen molar-refractivity contribution in [1.82, 2.24) is 5.32 Å². The second-order valence-electron chi connectivity index (χ2n) is 4.19. The Morgan fingerprint density at radius 1 is 1.63 bits per heavy atom.